The second kappa shape index (κ2) is 6.10. The molecule has 2 heterocycles. The minimum absolute atomic E-state index is 0.0106. The molecule has 1 atom stereocenters. The van der Waals surface area contributed by atoms with E-state index in [0.717, 1.165) is 34.2 Å². The molecule has 136 valence electrons. The van der Waals surface area contributed by atoms with Crippen LogP contribution in [0.1, 0.15) is 22.3 Å². The Labute approximate surface area is 152 Å². The summed E-state index contributed by atoms with van der Waals surface area (Å²) < 4.78 is 33.5. The van der Waals surface area contributed by atoms with Gasteiger partial charge in [0.05, 0.1) is 24.9 Å². The lowest BCUT2D eigenvalue weighted by atomic mass is 10.0. The van der Waals surface area contributed by atoms with Gasteiger partial charge in [-0.3, -0.25) is 4.79 Å². The molecule has 0 radical (unpaired) electrons. The monoisotopic (exact) mass is 373 g/mol. The summed E-state index contributed by atoms with van der Waals surface area (Å²) >= 11 is 0. The van der Waals surface area contributed by atoms with Crippen LogP contribution in [0.4, 0.5) is 5.69 Å². The number of anilines is 1. The number of fused-ring (bicyclic) bond motifs is 3. The first-order valence-corrected chi connectivity index (χ1v) is 10.2. The number of carbonyl (C=O) groups excluding carboxylic acids is 1. The van der Waals surface area contributed by atoms with Gasteiger partial charge in [-0.05, 0) is 18.1 Å². The van der Waals surface area contributed by atoms with E-state index in [1.807, 2.05) is 43.3 Å². The molecule has 0 aromatic heterocycles. The summed E-state index contributed by atoms with van der Waals surface area (Å²) in [5, 5.41) is 0. The molecule has 0 saturated carbocycles. The largest absolute Gasteiger partial charge is 0.463 e. The summed E-state index contributed by atoms with van der Waals surface area (Å²) in [6.45, 7) is 2.45. The van der Waals surface area contributed by atoms with Crippen molar-refractivity contribution in [1.82, 2.24) is 0 Å². The summed E-state index contributed by atoms with van der Waals surface area (Å²) in [7, 11) is -3.61. The lowest BCUT2D eigenvalue weighted by Gasteiger charge is -2.20. The topological polar surface area (TPSA) is 72.9 Å². The number of nitrogens with zero attached hydrogens (tertiary/aromatic N) is 1. The lowest BCUT2D eigenvalue weighted by Crippen LogP contribution is -2.26. The lowest BCUT2D eigenvalue weighted by molar-refractivity contribution is -0.117. The van der Waals surface area contributed by atoms with Gasteiger partial charge >= 0.3 is 0 Å². The van der Waals surface area contributed by atoms with Gasteiger partial charge in [0.15, 0.2) is 0 Å². The molecule has 0 N–H and O–H groups in total. The zero-order chi connectivity index (χ0) is 18.5. The maximum Gasteiger partial charge on any atom is 0.267 e. The molecule has 2 aliphatic heterocycles. The van der Waals surface area contributed by atoms with E-state index < -0.39 is 16.4 Å². The third kappa shape index (κ3) is 3.08. The van der Waals surface area contributed by atoms with Crippen molar-refractivity contribution in [3.63, 3.8) is 0 Å². The van der Waals surface area contributed by atoms with Gasteiger partial charge in [0, 0.05) is 17.5 Å². The van der Waals surface area contributed by atoms with Gasteiger partial charge in [0.25, 0.3) is 10.1 Å². The van der Waals surface area contributed by atoms with Crippen LogP contribution < -0.4 is 9.64 Å². The van der Waals surface area contributed by atoms with Crippen LogP contribution in [0.3, 0.4) is 0 Å². The number of ether oxygens (including phenoxy) is 1. The van der Waals surface area contributed by atoms with Crippen LogP contribution in [0.2, 0.25) is 0 Å². The fourth-order valence-corrected chi connectivity index (χ4v) is 4.18. The van der Waals surface area contributed by atoms with Crippen LogP contribution in [0.25, 0.3) is 0 Å². The van der Waals surface area contributed by atoms with Crippen molar-refractivity contribution in [2.24, 2.45) is 0 Å². The fraction of sp³-hybridized carbons (Fsp3) is 0.316. The number of benzene rings is 2. The first-order valence-electron chi connectivity index (χ1n) is 8.36. The molecule has 6 nitrogen and oxygen atoms in total. The first-order chi connectivity index (χ1) is 12.3. The Morgan fingerprint density at radius 2 is 2.00 bits per heavy atom. The van der Waals surface area contributed by atoms with E-state index in [9.17, 15) is 13.2 Å². The van der Waals surface area contributed by atoms with Crippen molar-refractivity contribution in [3.05, 3.63) is 58.7 Å². The van der Waals surface area contributed by atoms with Crippen molar-refractivity contribution in [2.45, 2.75) is 32.6 Å². The Morgan fingerprint density at radius 1 is 1.27 bits per heavy atom. The Morgan fingerprint density at radius 3 is 2.69 bits per heavy atom. The average Bonchev–Trinajstić information content (AvgIpc) is 3.08. The Bertz CT molecular complexity index is 985. The Kier molecular flexibility index (Phi) is 4.00. The van der Waals surface area contributed by atoms with Crippen LogP contribution in [-0.4, -0.2) is 26.9 Å². The Hall–Kier alpha value is -2.38. The second-order valence-electron chi connectivity index (χ2n) is 6.70. The molecule has 0 bridgehead atoms. The van der Waals surface area contributed by atoms with Gasteiger partial charge in [-0.2, -0.15) is 8.42 Å². The predicted molar refractivity (Wildman–Crippen MR) is 96.6 cm³/mol. The molecular weight excluding hydrogens is 354 g/mol. The zero-order valence-electron chi connectivity index (χ0n) is 14.6. The highest BCUT2D eigenvalue weighted by atomic mass is 32.2. The predicted octanol–water partition coefficient (Wildman–Crippen LogP) is 2.32. The number of aryl methyl sites for hydroxylation is 1. The van der Waals surface area contributed by atoms with Crippen LogP contribution in [0.15, 0.2) is 36.4 Å². The molecule has 1 unspecified atom stereocenters. The number of hydrogen-bond donors (Lipinski definition) is 0. The molecule has 4 rings (SSSR count). The van der Waals surface area contributed by atoms with Crippen LogP contribution in [-0.2, 0) is 38.5 Å². The van der Waals surface area contributed by atoms with E-state index >= 15 is 0 Å². The summed E-state index contributed by atoms with van der Waals surface area (Å²) in [4.78, 5) is 14.4. The fourth-order valence-electron chi connectivity index (χ4n) is 3.68. The van der Waals surface area contributed by atoms with E-state index in [4.69, 9.17) is 8.92 Å². The molecule has 2 aliphatic rings. The SMILES string of the molecule is Cc1cc2c(c3c1N(Cc1ccccc1)C(=O)C3)OC(OS(C)(=O)=O)C2. The van der Waals surface area contributed by atoms with E-state index in [1.54, 1.807) is 4.90 Å². The molecule has 2 aromatic rings. The third-order valence-corrected chi connectivity index (χ3v) is 5.18. The first kappa shape index (κ1) is 17.1. The molecule has 0 spiro atoms. The van der Waals surface area contributed by atoms with Gasteiger partial charge in [-0.1, -0.05) is 36.4 Å². The third-order valence-electron chi connectivity index (χ3n) is 4.62. The number of rotatable bonds is 4. The molecule has 26 heavy (non-hydrogen) atoms. The van der Waals surface area contributed by atoms with E-state index in [1.165, 1.54) is 0 Å². The minimum atomic E-state index is -3.61. The van der Waals surface area contributed by atoms with Crippen LogP contribution in [0, 0.1) is 6.92 Å². The molecule has 0 fully saturated rings. The highest BCUT2D eigenvalue weighted by Gasteiger charge is 2.37. The van der Waals surface area contributed by atoms with Gasteiger partial charge in [0.1, 0.15) is 5.75 Å². The standard InChI is InChI=1S/C19H19NO5S/c1-12-8-14-9-17(25-26(2,22)23)24-19(14)15-10-16(21)20(18(12)15)11-13-6-4-3-5-7-13/h3-8,17H,9-11H2,1-2H3. The highest BCUT2D eigenvalue weighted by Crippen LogP contribution is 2.45. The summed E-state index contributed by atoms with van der Waals surface area (Å²) in [6.07, 6.45) is 0.727. The number of carbonyl (C=O) groups is 1. The molecule has 7 heteroatoms. The summed E-state index contributed by atoms with van der Waals surface area (Å²) in [6, 6.07) is 11.8. The van der Waals surface area contributed by atoms with E-state index in [0.29, 0.717) is 18.7 Å². The maximum absolute atomic E-state index is 12.6. The quantitative estimate of drug-likeness (QED) is 0.769. The molecule has 1 amide bonds. The summed E-state index contributed by atoms with van der Waals surface area (Å²) in [5.74, 6) is 0.597. The smallest absolute Gasteiger partial charge is 0.267 e. The van der Waals surface area contributed by atoms with Crippen molar-refractivity contribution < 1.29 is 22.1 Å². The number of amides is 1. The van der Waals surface area contributed by atoms with Crippen molar-refractivity contribution in [3.8, 4) is 5.75 Å². The van der Waals surface area contributed by atoms with Crippen molar-refractivity contribution >= 4 is 21.7 Å². The van der Waals surface area contributed by atoms with Gasteiger partial charge in [-0.15, -0.1) is 0 Å². The van der Waals surface area contributed by atoms with Gasteiger partial charge in [0.2, 0.25) is 12.2 Å². The second-order valence-corrected chi connectivity index (χ2v) is 8.30. The van der Waals surface area contributed by atoms with E-state index in [2.05, 4.69) is 0 Å². The molecular formula is C19H19NO5S. The summed E-state index contributed by atoms with van der Waals surface area (Å²) in [5.41, 5.74) is 4.58. The zero-order valence-corrected chi connectivity index (χ0v) is 15.4. The van der Waals surface area contributed by atoms with E-state index in [-0.39, 0.29) is 12.3 Å². The Balaban J connectivity index is 1.68. The minimum Gasteiger partial charge on any atom is -0.463 e. The van der Waals surface area contributed by atoms with Crippen LogP contribution >= 0.6 is 0 Å². The normalized spacial score (nSPS) is 18.6. The van der Waals surface area contributed by atoms with Gasteiger partial charge < -0.3 is 9.64 Å². The average molecular weight is 373 g/mol. The maximum atomic E-state index is 12.6. The van der Waals surface area contributed by atoms with Crippen molar-refractivity contribution in [1.29, 1.82) is 0 Å². The van der Waals surface area contributed by atoms with Gasteiger partial charge in [-0.25, -0.2) is 4.18 Å². The van der Waals surface area contributed by atoms with Crippen LogP contribution in [0.5, 0.6) is 5.75 Å². The molecule has 0 aliphatic carbocycles. The molecule has 2 aromatic carbocycles. The molecule has 0 saturated heterocycles. The number of hydrogen-bond acceptors (Lipinski definition) is 5. The van der Waals surface area contributed by atoms with Crippen molar-refractivity contribution in [2.75, 3.05) is 11.2 Å². The highest BCUT2D eigenvalue weighted by molar-refractivity contribution is 7.86.